The second kappa shape index (κ2) is 10.3. The van der Waals surface area contributed by atoms with E-state index in [9.17, 15) is 18.0 Å². The second-order valence-corrected chi connectivity index (χ2v) is 11.9. The average molecular weight is 514 g/mol. The van der Waals surface area contributed by atoms with Crippen LogP contribution in [0.1, 0.15) is 36.7 Å². The minimum atomic E-state index is -3.58. The number of rotatable bonds is 7. The largest absolute Gasteiger partial charge is 0.355 e. The van der Waals surface area contributed by atoms with E-state index in [-0.39, 0.29) is 10.8 Å². The first-order chi connectivity index (χ1) is 16.7. The molecule has 8 nitrogen and oxygen atoms in total. The van der Waals surface area contributed by atoms with Crippen molar-refractivity contribution in [3.05, 3.63) is 81.7 Å². The summed E-state index contributed by atoms with van der Waals surface area (Å²) in [5.74, 6) is -0.618. The Morgan fingerprint density at radius 3 is 2.34 bits per heavy atom. The summed E-state index contributed by atoms with van der Waals surface area (Å²) in [5.41, 5.74) is 3.09. The molecule has 184 valence electrons. The molecule has 1 unspecified atom stereocenters. The van der Waals surface area contributed by atoms with Crippen molar-refractivity contribution in [3.8, 4) is 0 Å². The monoisotopic (exact) mass is 513 g/mol. The Labute approximate surface area is 209 Å². The third-order valence-corrected chi connectivity index (χ3v) is 9.08. The first-order valence-electron chi connectivity index (χ1n) is 11.3. The van der Waals surface area contributed by atoms with Crippen LogP contribution in [0.5, 0.6) is 0 Å². The molecular weight excluding hydrogens is 484 g/mol. The van der Waals surface area contributed by atoms with Gasteiger partial charge in [0.1, 0.15) is 18.1 Å². The molecule has 1 aliphatic rings. The number of sulfonamides is 1. The lowest BCUT2D eigenvalue weighted by atomic mass is 10.0. The zero-order chi connectivity index (χ0) is 25.2. The molecule has 0 saturated carbocycles. The highest BCUT2D eigenvalue weighted by Crippen LogP contribution is 2.35. The van der Waals surface area contributed by atoms with Crippen LogP contribution < -0.4 is 15.5 Å². The molecule has 3 aromatic rings. The molecule has 2 aromatic carbocycles. The van der Waals surface area contributed by atoms with Gasteiger partial charge in [-0.3, -0.25) is 9.59 Å². The number of carbonyl (C=O) groups is 2. The minimum absolute atomic E-state index is 0.109. The molecule has 0 aliphatic carbocycles. The van der Waals surface area contributed by atoms with Gasteiger partial charge in [-0.1, -0.05) is 30.3 Å². The normalized spacial score (nSPS) is 15.5. The summed E-state index contributed by atoms with van der Waals surface area (Å²) in [6, 6.07) is 16.1. The summed E-state index contributed by atoms with van der Waals surface area (Å²) < 4.78 is 25.7. The molecule has 1 aromatic heterocycles. The molecule has 4 rings (SSSR count). The highest BCUT2D eigenvalue weighted by molar-refractivity contribution is 7.89. The SMILES string of the molecule is CNC(=O)c1c(NC(=O)c2ccc(S(=O)(=O)N(C)C)cc2)sc2c1CC[NH+](Cc1ccccc1)C2. The summed E-state index contributed by atoms with van der Waals surface area (Å²) in [4.78, 5) is 28.3. The Bertz CT molecular complexity index is 1330. The lowest BCUT2D eigenvalue weighted by Gasteiger charge is -2.24. The van der Waals surface area contributed by atoms with Crippen LogP contribution in [0.25, 0.3) is 0 Å². The molecule has 0 saturated heterocycles. The molecule has 3 N–H and O–H groups in total. The lowest BCUT2D eigenvalue weighted by Crippen LogP contribution is -3.10. The Morgan fingerprint density at radius 2 is 1.71 bits per heavy atom. The van der Waals surface area contributed by atoms with E-state index in [0.29, 0.717) is 16.1 Å². The number of hydrogen-bond acceptors (Lipinski definition) is 5. The van der Waals surface area contributed by atoms with Gasteiger partial charge in [0.25, 0.3) is 11.8 Å². The molecule has 0 fully saturated rings. The predicted molar refractivity (Wildman–Crippen MR) is 136 cm³/mol. The van der Waals surface area contributed by atoms with Crippen molar-refractivity contribution >= 4 is 38.2 Å². The first-order valence-corrected chi connectivity index (χ1v) is 13.5. The fraction of sp³-hybridized carbons (Fsp3) is 0.280. The van der Waals surface area contributed by atoms with E-state index in [0.717, 1.165) is 40.8 Å². The van der Waals surface area contributed by atoms with E-state index in [4.69, 9.17) is 0 Å². The fourth-order valence-corrected chi connectivity index (χ4v) is 6.40. The van der Waals surface area contributed by atoms with Crippen molar-refractivity contribution in [2.75, 3.05) is 33.0 Å². The number of quaternary nitrogens is 1. The number of hydrogen-bond donors (Lipinski definition) is 3. The summed E-state index contributed by atoms with van der Waals surface area (Å²) >= 11 is 1.44. The van der Waals surface area contributed by atoms with Gasteiger partial charge < -0.3 is 15.5 Å². The van der Waals surface area contributed by atoms with Gasteiger partial charge >= 0.3 is 0 Å². The van der Waals surface area contributed by atoms with Crippen LogP contribution >= 0.6 is 11.3 Å². The third kappa shape index (κ3) is 5.30. The highest BCUT2D eigenvalue weighted by Gasteiger charge is 2.30. The molecule has 0 bridgehead atoms. The van der Waals surface area contributed by atoms with Crippen molar-refractivity contribution < 1.29 is 22.9 Å². The number of amides is 2. The van der Waals surface area contributed by atoms with Gasteiger partial charge in [-0.2, -0.15) is 0 Å². The van der Waals surface area contributed by atoms with Crippen LogP contribution in [0.2, 0.25) is 0 Å². The van der Waals surface area contributed by atoms with Crippen molar-refractivity contribution in [1.29, 1.82) is 0 Å². The molecule has 0 spiro atoms. The number of nitrogens with one attached hydrogen (secondary N) is 3. The molecular formula is C25H29N4O4S2+. The number of fused-ring (bicyclic) bond motifs is 1. The number of thiophene rings is 1. The van der Waals surface area contributed by atoms with Gasteiger partial charge in [-0.15, -0.1) is 11.3 Å². The molecule has 35 heavy (non-hydrogen) atoms. The van der Waals surface area contributed by atoms with Gasteiger partial charge in [0.05, 0.1) is 21.9 Å². The van der Waals surface area contributed by atoms with E-state index in [1.54, 1.807) is 7.05 Å². The van der Waals surface area contributed by atoms with Crippen molar-refractivity contribution in [3.63, 3.8) is 0 Å². The topological polar surface area (TPSA) is 100 Å². The maximum absolute atomic E-state index is 13.0. The maximum atomic E-state index is 13.0. The quantitative estimate of drug-likeness (QED) is 0.448. The zero-order valence-corrected chi connectivity index (χ0v) is 21.6. The summed E-state index contributed by atoms with van der Waals surface area (Å²) in [6.07, 6.45) is 0.754. The molecule has 1 aliphatic heterocycles. The van der Waals surface area contributed by atoms with Crippen molar-refractivity contribution in [1.82, 2.24) is 9.62 Å². The highest BCUT2D eigenvalue weighted by atomic mass is 32.2. The van der Waals surface area contributed by atoms with E-state index in [2.05, 4.69) is 22.8 Å². The lowest BCUT2D eigenvalue weighted by molar-refractivity contribution is -0.929. The molecule has 0 radical (unpaired) electrons. The Balaban J connectivity index is 1.56. The zero-order valence-electron chi connectivity index (χ0n) is 19.9. The standard InChI is InChI=1S/C25H28N4O4S2/c1-26-24(31)22-20-13-14-29(15-17-7-5-4-6-8-17)16-21(20)34-25(22)27-23(30)18-9-11-19(12-10-18)35(32,33)28(2)3/h4-12H,13-16H2,1-3H3,(H,26,31)(H,27,30)/p+1. The van der Waals surface area contributed by atoms with Gasteiger partial charge in [-0.25, -0.2) is 12.7 Å². The molecule has 1 atom stereocenters. The first kappa shape index (κ1) is 25.1. The van der Waals surface area contributed by atoms with Crippen LogP contribution in [-0.2, 0) is 29.5 Å². The summed E-state index contributed by atoms with van der Waals surface area (Å²) in [6.45, 7) is 2.58. The summed E-state index contributed by atoms with van der Waals surface area (Å²) in [5, 5.41) is 6.11. The number of nitrogens with zero attached hydrogens (tertiary/aromatic N) is 1. The van der Waals surface area contributed by atoms with Gasteiger partial charge in [0, 0.05) is 38.7 Å². The van der Waals surface area contributed by atoms with Crippen LogP contribution in [0.4, 0.5) is 5.00 Å². The molecule has 10 heteroatoms. The number of benzene rings is 2. The Kier molecular flexibility index (Phi) is 7.36. The Morgan fingerprint density at radius 1 is 1.03 bits per heavy atom. The van der Waals surface area contributed by atoms with Crippen molar-refractivity contribution in [2.45, 2.75) is 24.4 Å². The van der Waals surface area contributed by atoms with Crippen LogP contribution in [0, 0.1) is 0 Å². The number of anilines is 1. The second-order valence-electron chi connectivity index (χ2n) is 8.64. The van der Waals surface area contributed by atoms with E-state index in [1.807, 2.05) is 18.2 Å². The van der Waals surface area contributed by atoms with E-state index >= 15 is 0 Å². The van der Waals surface area contributed by atoms with Gasteiger partial charge in [-0.05, 0) is 29.8 Å². The minimum Gasteiger partial charge on any atom is -0.355 e. The van der Waals surface area contributed by atoms with E-state index in [1.165, 1.54) is 60.2 Å². The van der Waals surface area contributed by atoms with Gasteiger partial charge in [0.2, 0.25) is 10.0 Å². The van der Waals surface area contributed by atoms with Crippen LogP contribution in [0.15, 0.2) is 59.5 Å². The van der Waals surface area contributed by atoms with Crippen LogP contribution in [-0.4, -0.2) is 52.2 Å². The molecule has 2 amide bonds. The predicted octanol–water partition coefficient (Wildman–Crippen LogP) is 1.75. The maximum Gasteiger partial charge on any atom is 0.256 e. The summed E-state index contributed by atoms with van der Waals surface area (Å²) in [7, 11) is 0.912. The molecule has 2 heterocycles. The number of carbonyl (C=O) groups excluding carboxylic acids is 2. The van der Waals surface area contributed by atoms with Gasteiger partial charge in [0.15, 0.2) is 0 Å². The average Bonchev–Trinajstić information content (AvgIpc) is 3.21. The smallest absolute Gasteiger partial charge is 0.256 e. The Hall–Kier alpha value is -3.05. The van der Waals surface area contributed by atoms with Crippen molar-refractivity contribution in [2.24, 2.45) is 0 Å². The third-order valence-electron chi connectivity index (χ3n) is 6.10. The van der Waals surface area contributed by atoms with Crippen LogP contribution in [0.3, 0.4) is 0 Å². The van der Waals surface area contributed by atoms with E-state index < -0.39 is 15.9 Å². The fourth-order valence-electron chi connectivity index (χ4n) is 4.19.